The highest BCUT2D eigenvalue weighted by Gasteiger charge is 2.07. The van der Waals surface area contributed by atoms with E-state index in [0.29, 0.717) is 12.5 Å². The first-order chi connectivity index (χ1) is 12.5. The van der Waals surface area contributed by atoms with Crippen LogP contribution in [0, 0.1) is 17.8 Å². The number of hydrogen-bond acceptors (Lipinski definition) is 2. The summed E-state index contributed by atoms with van der Waals surface area (Å²) in [5.74, 6) is 2.03. The van der Waals surface area contributed by atoms with E-state index in [0.717, 1.165) is 23.8 Å². The third-order valence-corrected chi connectivity index (χ3v) is 4.94. The van der Waals surface area contributed by atoms with Gasteiger partial charge in [0.2, 0.25) is 0 Å². The van der Waals surface area contributed by atoms with Gasteiger partial charge in [0, 0.05) is 6.08 Å². The van der Waals surface area contributed by atoms with Gasteiger partial charge in [-0.25, -0.2) is 4.79 Å². The van der Waals surface area contributed by atoms with Crippen molar-refractivity contribution in [2.45, 2.75) is 72.6 Å². The zero-order chi connectivity index (χ0) is 19.2. The molecule has 0 heterocycles. The molecular weight excluding hydrogens is 320 g/mol. The van der Waals surface area contributed by atoms with Crippen LogP contribution in [0.25, 0.3) is 6.08 Å². The van der Waals surface area contributed by atoms with Gasteiger partial charge in [-0.05, 0) is 35.8 Å². The highest BCUT2D eigenvalue weighted by atomic mass is 16.5. The van der Waals surface area contributed by atoms with E-state index < -0.39 is 0 Å². The van der Waals surface area contributed by atoms with Crippen LogP contribution in [0.3, 0.4) is 0 Å². The van der Waals surface area contributed by atoms with Gasteiger partial charge in [-0.1, -0.05) is 96.6 Å². The molecule has 2 unspecified atom stereocenters. The van der Waals surface area contributed by atoms with Gasteiger partial charge in [0.1, 0.15) is 0 Å². The molecule has 0 saturated heterocycles. The number of rotatable bonds is 13. The van der Waals surface area contributed by atoms with E-state index in [2.05, 4.69) is 27.7 Å². The molecule has 1 aromatic carbocycles. The van der Waals surface area contributed by atoms with Crippen molar-refractivity contribution in [3.8, 4) is 0 Å². The van der Waals surface area contributed by atoms with Crippen molar-refractivity contribution in [1.82, 2.24) is 0 Å². The molecule has 0 aromatic heterocycles. The van der Waals surface area contributed by atoms with Gasteiger partial charge in [0.15, 0.2) is 0 Å². The maximum absolute atomic E-state index is 11.7. The van der Waals surface area contributed by atoms with Crippen molar-refractivity contribution in [3.05, 3.63) is 42.0 Å². The molecule has 2 atom stereocenters. The smallest absolute Gasteiger partial charge is 0.330 e. The highest BCUT2D eigenvalue weighted by Crippen LogP contribution is 2.20. The zero-order valence-electron chi connectivity index (χ0n) is 17.2. The van der Waals surface area contributed by atoms with E-state index in [9.17, 15) is 4.79 Å². The third-order valence-electron chi connectivity index (χ3n) is 4.94. The Morgan fingerprint density at radius 2 is 1.46 bits per heavy atom. The summed E-state index contributed by atoms with van der Waals surface area (Å²) in [4.78, 5) is 11.7. The summed E-state index contributed by atoms with van der Waals surface area (Å²) in [5, 5.41) is 0. The van der Waals surface area contributed by atoms with Crippen LogP contribution in [-0.4, -0.2) is 12.6 Å². The van der Waals surface area contributed by atoms with Crippen molar-refractivity contribution < 1.29 is 9.53 Å². The minimum absolute atomic E-state index is 0.250. The second-order valence-corrected chi connectivity index (χ2v) is 8.17. The second-order valence-electron chi connectivity index (χ2n) is 8.17. The quantitative estimate of drug-likeness (QED) is 0.283. The van der Waals surface area contributed by atoms with Gasteiger partial charge in [0.05, 0.1) is 6.61 Å². The summed E-state index contributed by atoms with van der Waals surface area (Å²) in [6, 6.07) is 9.81. The van der Waals surface area contributed by atoms with Crippen molar-refractivity contribution in [2.24, 2.45) is 17.8 Å². The standard InChI is InChI=1S/C24H38O2/c1-20(2)10-8-11-21(3)12-9-13-22(4)18-19-26-24(25)17-16-23-14-6-5-7-15-23/h5-7,14-17,20-22H,8-13,18-19H2,1-4H3/b17-16+. The van der Waals surface area contributed by atoms with E-state index in [1.54, 1.807) is 6.08 Å². The van der Waals surface area contributed by atoms with E-state index in [1.807, 2.05) is 30.3 Å². The second kappa shape index (κ2) is 13.6. The zero-order valence-corrected chi connectivity index (χ0v) is 17.2. The van der Waals surface area contributed by atoms with E-state index in [4.69, 9.17) is 4.74 Å². The Balaban J connectivity index is 2.06. The molecule has 0 N–H and O–H groups in total. The molecule has 26 heavy (non-hydrogen) atoms. The molecule has 146 valence electrons. The maximum Gasteiger partial charge on any atom is 0.330 e. The van der Waals surface area contributed by atoms with Gasteiger partial charge in [0.25, 0.3) is 0 Å². The minimum Gasteiger partial charge on any atom is -0.463 e. The van der Waals surface area contributed by atoms with Crippen LogP contribution in [0.5, 0.6) is 0 Å². The summed E-state index contributed by atoms with van der Waals surface area (Å²) < 4.78 is 5.31. The molecule has 0 bridgehead atoms. The lowest BCUT2D eigenvalue weighted by molar-refractivity contribution is -0.138. The van der Waals surface area contributed by atoms with Gasteiger partial charge in [-0.3, -0.25) is 0 Å². The molecular formula is C24H38O2. The van der Waals surface area contributed by atoms with E-state index in [1.165, 1.54) is 44.6 Å². The molecule has 1 rings (SSSR count). The summed E-state index contributed by atoms with van der Waals surface area (Å²) in [6.07, 6.45) is 12.2. The Bertz CT molecular complexity index is 504. The first-order valence-electron chi connectivity index (χ1n) is 10.4. The molecule has 0 fully saturated rings. The average Bonchev–Trinajstić information content (AvgIpc) is 2.60. The summed E-state index contributed by atoms with van der Waals surface area (Å²) in [7, 11) is 0. The SMILES string of the molecule is CC(C)CCCC(C)CCCC(C)CCOC(=O)/C=C/c1ccccc1. The van der Waals surface area contributed by atoms with E-state index in [-0.39, 0.29) is 5.97 Å². The Morgan fingerprint density at radius 3 is 2.08 bits per heavy atom. The molecule has 0 aliphatic heterocycles. The van der Waals surface area contributed by atoms with Crippen LogP contribution in [0.2, 0.25) is 0 Å². The first-order valence-corrected chi connectivity index (χ1v) is 10.4. The van der Waals surface area contributed by atoms with Gasteiger partial charge in [-0.15, -0.1) is 0 Å². The molecule has 0 amide bonds. The minimum atomic E-state index is -0.250. The van der Waals surface area contributed by atoms with Gasteiger partial charge >= 0.3 is 5.97 Å². The Kier molecular flexibility index (Phi) is 11.8. The van der Waals surface area contributed by atoms with Crippen LogP contribution < -0.4 is 0 Å². The predicted octanol–water partition coefficient (Wildman–Crippen LogP) is 6.90. The normalized spacial score (nSPS) is 13.9. The Hall–Kier alpha value is -1.57. The van der Waals surface area contributed by atoms with Gasteiger partial charge in [-0.2, -0.15) is 0 Å². The number of carbonyl (C=O) groups is 1. The number of benzene rings is 1. The fourth-order valence-corrected chi connectivity index (χ4v) is 3.12. The van der Waals surface area contributed by atoms with Crippen molar-refractivity contribution in [3.63, 3.8) is 0 Å². The average molecular weight is 359 g/mol. The molecule has 2 nitrogen and oxygen atoms in total. The number of ether oxygens (including phenoxy) is 1. The topological polar surface area (TPSA) is 26.3 Å². The van der Waals surface area contributed by atoms with E-state index >= 15 is 0 Å². The van der Waals surface area contributed by atoms with Crippen molar-refractivity contribution >= 4 is 12.0 Å². The summed E-state index contributed by atoms with van der Waals surface area (Å²) in [6.45, 7) is 9.76. The lowest BCUT2D eigenvalue weighted by atomic mass is 9.93. The summed E-state index contributed by atoms with van der Waals surface area (Å²) in [5.41, 5.74) is 1.01. The Labute approximate surface area is 161 Å². The van der Waals surface area contributed by atoms with Gasteiger partial charge < -0.3 is 4.74 Å². The molecule has 0 aliphatic rings. The first kappa shape index (κ1) is 22.5. The lowest BCUT2D eigenvalue weighted by Gasteiger charge is -2.15. The van der Waals surface area contributed by atoms with Crippen molar-refractivity contribution in [1.29, 1.82) is 0 Å². The Morgan fingerprint density at radius 1 is 0.885 bits per heavy atom. The number of carbonyl (C=O) groups excluding carboxylic acids is 1. The summed E-state index contributed by atoms with van der Waals surface area (Å²) >= 11 is 0. The van der Waals surface area contributed by atoms with Crippen LogP contribution in [0.15, 0.2) is 36.4 Å². The largest absolute Gasteiger partial charge is 0.463 e. The fourth-order valence-electron chi connectivity index (χ4n) is 3.12. The maximum atomic E-state index is 11.7. The van der Waals surface area contributed by atoms with Crippen LogP contribution in [0.1, 0.15) is 78.2 Å². The molecule has 0 radical (unpaired) electrons. The lowest BCUT2D eigenvalue weighted by Crippen LogP contribution is -2.07. The molecule has 0 saturated carbocycles. The van der Waals surface area contributed by atoms with Crippen LogP contribution >= 0.6 is 0 Å². The predicted molar refractivity (Wildman–Crippen MR) is 112 cm³/mol. The molecule has 1 aromatic rings. The molecule has 0 aliphatic carbocycles. The third kappa shape index (κ3) is 11.9. The van der Waals surface area contributed by atoms with Crippen LogP contribution in [0.4, 0.5) is 0 Å². The monoisotopic (exact) mass is 358 g/mol. The molecule has 2 heteroatoms. The highest BCUT2D eigenvalue weighted by molar-refractivity contribution is 5.86. The molecule has 0 spiro atoms. The number of esters is 1. The van der Waals surface area contributed by atoms with Crippen molar-refractivity contribution in [2.75, 3.05) is 6.61 Å². The van der Waals surface area contributed by atoms with Crippen LogP contribution in [-0.2, 0) is 9.53 Å². The fraction of sp³-hybridized carbons (Fsp3) is 0.625. The number of hydrogen-bond donors (Lipinski definition) is 0.